The van der Waals surface area contributed by atoms with Crippen molar-refractivity contribution in [3.8, 4) is 5.75 Å². The van der Waals surface area contributed by atoms with E-state index in [1.165, 1.54) is 0 Å². The fourth-order valence-corrected chi connectivity index (χ4v) is 2.96. The molecule has 0 spiro atoms. The van der Waals surface area contributed by atoms with E-state index < -0.39 is 0 Å². The number of rotatable bonds is 8. The second-order valence-corrected chi connectivity index (χ2v) is 5.89. The largest absolute Gasteiger partial charge is 0.488 e. The second-order valence-electron chi connectivity index (χ2n) is 5.48. The van der Waals surface area contributed by atoms with Gasteiger partial charge in [-0.15, -0.1) is 0 Å². The van der Waals surface area contributed by atoms with Crippen molar-refractivity contribution in [1.82, 2.24) is 5.32 Å². The minimum absolute atomic E-state index is 0.130. The van der Waals surface area contributed by atoms with Crippen LogP contribution in [-0.4, -0.2) is 31.4 Å². The van der Waals surface area contributed by atoms with Gasteiger partial charge in [0.05, 0.1) is 0 Å². The molecule has 3 nitrogen and oxygen atoms in total. The minimum Gasteiger partial charge on any atom is -0.488 e. The summed E-state index contributed by atoms with van der Waals surface area (Å²) in [5, 5.41) is 4.33. The van der Waals surface area contributed by atoms with Gasteiger partial charge in [-0.1, -0.05) is 25.4 Å². The molecule has 0 aliphatic heterocycles. The lowest BCUT2D eigenvalue weighted by atomic mass is 9.85. The van der Waals surface area contributed by atoms with Gasteiger partial charge in [0.15, 0.2) is 0 Å². The first-order valence-corrected chi connectivity index (χ1v) is 8.37. The van der Waals surface area contributed by atoms with Crippen molar-refractivity contribution in [2.45, 2.75) is 58.3 Å². The van der Waals surface area contributed by atoms with E-state index >= 15 is 0 Å². The van der Waals surface area contributed by atoms with Gasteiger partial charge in [-0.05, 0) is 50.1 Å². The van der Waals surface area contributed by atoms with Crippen molar-refractivity contribution in [2.24, 2.45) is 0 Å². The van der Waals surface area contributed by atoms with Gasteiger partial charge in [0, 0.05) is 24.1 Å². The lowest BCUT2D eigenvalue weighted by Gasteiger charge is -2.44. The normalized spacial score (nSPS) is 24.7. The highest BCUT2D eigenvalue weighted by atomic mass is 35.5. The van der Waals surface area contributed by atoms with Crippen LogP contribution in [0.4, 0.5) is 0 Å². The van der Waals surface area contributed by atoms with E-state index in [9.17, 15) is 0 Å². The number of ether oxygens (including phenoxy) is 2. The molecule has 0 radical (unpaired) electrons. The van der Waals surface area contributed by atoms with Crippen LogP contribution in [0.15, 0.2) is 18.2 Å². The summed E-state index contributed by atoms with van der Waals surface area (Å²) in [4.78, 5) is 0. The molecule has 118 valence electrons. The Morgan fingerprint density at radius 2 is 2.10 bits per heavy atom. The van der Waals surface area contributed by atoms with Crippen molar-refractivity contribution in [1.29, 1.82) is 0 Å². The van der Waals surface area contributed by atoms with Gasteiger partial charge in [0.25, 0.3) is 0 Å². The van der Waals surface area contributed by atoms with Gasteiger partial charge >= 0.3 is 0 Å². The predicted molar refractivity (Wildman–Crippen MR) is 87.4 cm³/mol. The number of nitrogens with one attached hydrogen (secondary N) is 1. The predicted octanol–water partition coefficient (Wildman–Crippen LogP) is 3.83. The lowest BCUT2D eigenvalue weighted by Crippen LogP contribution is -2.61. The van der Waals surface area contributed by atoms with Crippen LogP contribution in [0.1, 0.15) is 39.2 Å². The zero-order valence-electron chi connectivity index (χ0n) is 13.2. The van der Waals surface area contributed by atoms with Gasteiger partial charge in [-0.25, -0.2) is 0 Å². The maximum absolute atomic E-state index is 6.15. The summed E-state index contributed by atoms with van der Waals surface area (Å²) in [5.41, 5.74) is 1.13. The van der Waals surface area contributed by atoms with E-state index in [-0.39, 0.29) is 12.2 Å². The first kappa shape index (κ1) is 16.6. The number of benzene rings is 1. The van der Waals surface area contributed by atoms with Crippen LogP contribution in [0.3, 0.4) is 0 Å². The van der Waals surface area contributed by atoms with E-state index in [0.29, 0.717) is 6.04 Å². The third kappa shape index (κ3) is 4.12. The molecule has 0 amide bonds. The van der Waals surface area contributed by atoms with Crippen LogP contribution in [-0.2, 0) is 11.2 Å². The summed E-state index contributed by atoms with van der Waals surface area (Å²) in [6.07, 6.45) is 3.32. The molecule has 4 heteroatoms. The van der Waals surface area contributed by atoms with E-state index in [1.807, 2.05) is 25.1 Å². The zero-order chi connectivity index (χ0) is 15.2. The Morgan fingerprint density at radius 1 is 1.29 bits per heavy atom. The summed E-state index contributed by atoms with van der Waals surface area (Å²) in [5.74, 6) is 0.889. The fraction of sp³-hybridized carbons (Fsp3) is 0.647. The maximum Gasteiger partial charge on any atom is 0.128 e. The Kier molecular flexibility index (Phi) is 6.34. The minimum atomic E-state index is 0.130. The molecular weight excluding hydrogens is 286 g/mol. The Hall–Kier alpha value is -0.770. The highest BCUT2D eigenvalue weighted by Crippen LogP contribution is 2.31. The molecule has 1 N–H and O–H groups in total. The van der Waals surface area contributed by atoms with Crippen molar-refractivity contribution < 1.29 is 9.47 Å². The smallest absolute Gasteiger partial charge is 0.128 e. The van der Waals surface area contributed by atoms with E-state index in [4.69, 9.17) is 21.1 Å². The molecule has 1 aromatic rings. The molecule has 1 aliphatic carbocycles. The van der Waals surface area contributed by atoms with Crippen molar-refractivity contribution in [3.63, 3.8) is 0 Å². The van der Waals surface area contributed by atoms with Gasteiger partial charge in [-0.2, -0.15) is 0 Å². The number of hydrogen-bond donors (Lipinski definition) is 1. The van der Waals surface area contributed by atoms with Gasteiger partial charge in [0.2, 0.25) is 0 Å². The van der Waals surface area contributed by atoms with Crippen LogP contribution >= 0.6 is 11.6 Å². The Morgan fingerprint density at radius 3 is 2.76 bits per heavy atom. The Labute approximate surface area is 133 Å². The molecule has 0 heterocycles. The van der Waals surface area contributed by atoms with E-state index in [2.05, 4.69) is 19.2 Å². The third-order valence-electron chi connectivity index (χ3n) is 3.95. The summed E-state index contributed by atoms with van der Waals surface area (Å²) in [7, 11) is 0. The molecular formula is C17H26ClNO2. The van der Waals surface area contributed by atoms with Crippen LogP contribution < -0.4 is 10.1 Å². The average Bonchev–Trinajstić information content (AvgIpc) is 2.49. The lowest BCUT2D eigenvalue weighted by molar-refractivity contribution is -0.104. The fourth-order valence-electron chi connectivity index (χ4n) is 2.71. The van der Waals surface area contributed by atoms with Crippen molar-refractivity contribution in [3.05, 3.63) is 28.8 Å². The molecule has 1 saturated carbocycles. The number of hydrogen-bond acceptors (Lipinski definition) is 3. The zero-order valence-corrected chi connectivity index (χ0v) is 14.0. The van der Waals surface area contributed by atoms with Gasteiger partial charge in [0.1, 0.15) is 18.0 Å². The molecule has 0 bridgehead atoms. The molecule has 3 unspecified atom stereocenters. The first-order valence-electron chi connectivity index (χ1n) is 7.99. The van der Waals surface area contributed by atoms with Crippen molar-refractivity contribution >= 4 is 11.6 Å². The maximum atomic E-state index is 6.15. The molecule has 0 saturated heterocycles. The molecule has 21 heavy (non-hydrogen) atoms. The van der Waals surface area contributed by atoms with Crippen LogP contribution in [0, 0.1) is 0 Å². The van der Waals surface area contributed by atoms with Crippen LogP contribution in [0.5, 0.6) is 5.75 Å². The standard InChI is InChI=1S/C17H26ClNO2/c1-4-9-19-15-11-16(17(15)20-6-3)21-13-7-8-14(18)12(5-2)10-13/h7-8,10,15-17,19H,4-6,9,11H2,1-3H3. The van der Waals surface area contributed by atoms with Crippen molar-refractivity contribution in [2.75, 3.05) is 13.2 Å². The van der Waals surface area contributed by atoms with Crippen LogP contribution in [0.25, 0.3) is 0 Å². The van der Waals surface area contributed by atoms with Gasteiger partial charge < -0.3 is 14.8 Å². The molecule has 1 fully saturated rings. The average molecular weight is 312 g/mol. The third-order valence-corrected chi connectivity index (χ3v) is 4.32. The summed E-state index contributed by atoms with van der Waals surface area (Å²) in [6, 6.07) is 6.31. The Balaban J connectivity index is 1.96. The summed E-state index contributed by atoms with van der Waals surface area (Å²) >= 11 is 6.15. The Bertz CT molecular complexity index is 452. The topological polar surface area (TPSA) is 30.5 Å². The molecule has 1 aliphatic rings. The summed E-state index contributed by atoms with van der Waals surface area (Å²) < 4.78 is 11.9. The molecule has 1 aromatic carbocycles. The highest BCUT2D eigenvalue weighted by Gasteiger charge is 2.43. The number of halogens is 1. The molecule has 2 rings (SSSR count). The quantitative estimate of drug-likeness (QED) is 0.791. The van der Waals surface area contributed by atoms with Crippen LogP contribution in [0.2, 0.25) is 5.02 Å². The van der Waals surface area contributed by atoms with Gasteiger partial charge in [-0.3, -0.25) is 0 Å². The number of aryl methyl sites for hydroxylation is 1. The first-order chi connectivity index (χ1) is 10.2. The highest BCUT2D eigenvalue weighted by molar-refractivity contribution is 6.31. The van der Waals surface area contributed by atoms with E-state index in [1.54, 1.807) is 0 Å². The summed E-state index contributed by atoms with van der Waals surface area (Å²) in [6.45, 7) is 8.05. The SMILES string of the molecule is CCCNC1CC(Oc2ccc(Cl)c(CC)c2)C1OCC. The second kappa shape index (κ2) is 8.02. The molecule has 3 atom stereocenters. The monoisotopic (exact) mass is 311 g/mol. The molecule has 0 aromatic heterocycles. The van der Waals surface area contributed by atoms with E-state index in [0.717, 1.165) is 48.7 Å².